The van der Waals surface area contributed by atoms with Crippen molar-refractivity contribution in [2.24, 2.45) is 0 Å². The normalized spacial score (nSPS) is 12.5. The molecule has 1 aromatic heterocycles. The first-order valence-electron chi connectivity index (χ1n) is 7.84. The zero-order valence-electron chi connectivity index (χ0n) is 13.2. The lowest BCUT2D eigenvalue weighted by atomic mass is 10.0. The van der Waals surface area contributed by atoms with Crippen molar-refractivity contribution in [2.45, 2.75) is 52.5 Å². The molecule has 0 fully saturated rings. The van der Waals surface area contributed by atoms with Gasteiger partial charge in [-0.2, -0.15) is 0 Å². The van der Waals surface area contributed by atoms with Crippen molar-refractivity contribution in [1.82, 2.24) is 15.5 Å². The van der Waals surface area contributed by atoms with E-state index in [4.69, 9.17) is 4.42 Å². The standard InChI is InChI=1S/C17H25N3O/c1-4-12-18-15(5-2)17-20-19-16(21-17)11-10-14-9-7-6-8-13(14)3/h6-9,15,18H,4-5,10-12H2,1-3H3. The zero-order chi connectivity index (χ0) is 15.1. The van der Waals surface area contributed by atoms with Gasteiger partial charge < -0.3 is 9.73 Å². The van der Waals surface area contributed by atoms with E-state index in [2.05, 4.69) is 60.6 Å². The molecule has 4 nitrogen and oxygen atoms in total. The number of hydrogen-bond acceptors (Lipinski definition) is 4. The van der Waals surface area contributed by atoms with Crippen LogP contribution in [0.25, 0.3) is 0 Å². The summed E-state index contributed by atoms with van der Waals surface area (Å²) >= 11 is 0. The summed E-state index contributed by atoms with van der Waals surface area (Å²) in [7, 11) is 0. The number of aromatic nitrogens is 2. The molecule has 0 aliphatic rings. The molecule has 114 valence electrons. The van der Waals surface area contributed by atoms with Crippen molar-refractivity contribution >= 4 is 0 Å². The maximum absolute atomic E-state index is 5.81. The van der Waals surface area contributed by atoms with Crippen LogP contribution in [0.2, 0.25) is 0 Å². The van der Waals surface area contributed by atoms with Gasteiger partial charge in [0.1, 0.15) is 0 Å². The van der Waals surface area contributed by atoms with Gasteiger partial charge in [-0.1, -0.05) is 38.1 Å². The Morgan fingerprint density at radius 3 is 2.67 bits per heavy atom. The van der Waals surface area contributed by atoms with E-state index in [1.54, 1.807) is 0 Å². The van der Waals surface area contributed by atoms with Crippen molar-refractivity contribution in [3.8, 4) is 0 Å². The first-order chi connectivity index (χ1) is 10.2. The topological polar surface area (TPSA) is 51.0 Å². The smallest absolute Gasteiger partial charge is 0.233 e. The molecule has 4 heteroatoms. The van der Waals surface area contributed by atoms with Crippen LogP contribution in [0.3, 0.4) is 0 Å². The lowest BCUT2D eigenvalue weighted by molar-refractivity contribution is 0.372. The Morgan fingerprint density at radius 2 is 1.95 bits per heavy atom. The summed E-state index contributed by atoms with van der Waals surface area (Å²) in [5, 5.41) is 11.8. The lowest BCUT2D eigenvalue weighted by Gasteiger charge is -2.11. The predicted octanol–water partition coefficient (Wildman–Crippen LogP) is 3.61. The van der Waals surface area contributed by atoms with E-state index in [0.717, 1.165) is 38.1 Å². The van der Waals surface area contributed by atoms with Gasteiger partial charge >= 0.3 is 0 Å². The molecule has 0 bridgehead atoms. The number of nitrogens with zero attached hydrogens (tertiary/aromatic N) is 2. The summed E-state index contributed by atoms with van der Waals surface area (Å²) in [6.45, 7) is 7.39. The molecule has 0 radical (unpaired) electrons. The van der Waals surface area contributed by atoms with Gasteiger partial charge in [-0.25, -0.2) is 0 Å². The average molecular weight is 287 g/mol. The van der Waals surface area contributed by atoms with E-state index in [1.807, 2.05) is 0 Å². The summed E-state index contributed by atoms with van der Waals surface area (Å²) in [5.74, 6) is 1.44. The Balaban J connectivity index is 1.95. The molecular formula is C17H25N3O. The van der Waals surface area contributed by atoms with Gasteiger partial charge in [0.15, 0.2) is 0 Å². The van der Waals surface area contributed by atoms with Gasteiger partial charge in [-0.3, -0.25) is 0 Å². The van der Waals surface area contributed by atoms with Crippen LogP contribution in [0.4, 0.5) is 0 Å². The Morgan fingerprint density at radius 1 is 1.14 bits per heavy atom. The second kappa shape index (κ2) is 7.93. The number of aryl methyl sites for hydroxylation is 3. The molecule has 0 aliphatic carbocycles. The Kier molecular flexibility index (Phi) is 5.93. The SMILES string of the molecule is CCCNC(CC)c1nnc(CCc2ccccc2C)o1. The van der Waals surface area contributed by atoms with Crippen LogP contribution in [-0.2, 0) is 12.8 Å². The van der Waals surface area contributed by atoms with E-state index in [0.29, 0.717) is 5.89 Å². The second-order valence-electron chi connectivity index (χ2n) is 5.38. The van der Waals surface area contributed by atoms with Crippen LogP contribution in [0.15, 0.2) is 28.7 Å². The predicted molar refractivity (Wildman–Crippen MR) is 84.2 cm³/mol. The minimum atomic E-state index is 0.171. The molecule has 0 spiro atoms. The van der Waals surface area contributed by atoms with E-state index < -0.39 is 0 Å². The fraction of sp³-hybridized carbons (Fsp3) is 0.529. The highest BCUT2D eigenvalue weighted by molar-refractivity contribution is 5.25. The number of nitrogens with one attached hydrogen (secondary N) is 1. The highest BCUT2D eigenvalue weighted by Gasteiger charge is 2.16. The summed E-state index contributed by atoms with van der Waals surface area (Å²) in [4.78, 5) is 0. The monoisotopic (exact) mass is 287 g/mol. The summed E-state index contributed by atoms with van der Waals surface area (Å²) < 4.78 is 5.81. The van der Waals surface area contributed by atoms with E-state index >= 15 is 0 Å². The second-order valence-corrected chi connectivity index (χ2v) is 5.38. The Hall–Kier alpha value is -1.68. The minimum absolute atomic E-state index is 0.171. The van der Waals surface area contributed by atoms with Crippen LogP contribution in [0, 0.1) is 6.92 Å². The molecule has 0 amide bonds. The van der Waals surface area contributed by atoms with Crippen LogP contribution in [-0.4, -0.2) is 16.7 Å². The molecule has 1 N–H and O–H groups in total. The number of hydrogen-bond donors (Lipinski definition) is 1. The van der Waals surface area contributed by atoms with Crippen LogP contribution >= 0.6 is 0 Å². The average Bonchev–Trinajstić information content (AvgIpc) is 2.96. The molecule has 1 atom stereocenters. The van der Waals surface area contributed by atoms with Crippen LogP contribution in [0.1, 0.15) is 55.6 Å². The molecule has 0 aliphatic heterocycles. The van der Waals surface area contributed by atoms with E-state index in [-0.39, 0.29) is 6.04 Å². The zero-order valence-corrected chi connectivity index (χ0v) is 13.2. The lowest BCUT2D eigenvalue weighted by Crippen LogP contribution is -2.21. The van der Waals surface area contributed by atoms with Crippen LogP contribution in [0.5, 0.6) is 0 Å². The summed E-state index contributed by atoms with van der Waals surface area (Å²) in [6.07, 6.45) is 3.79. The van der Waals surface area contributed by atoms with Crippen molar-refractivity contribution in [2.75, 3.05) is 6.54 Å². The van der Waals surface area contributed by atoms with Gasteiger partial charge in [0.2, 0.25) is 11.8 Å². The molecule has 1 heterocycles. The fourth-order valence-corrected chi connectivity index (χ4v) is 2.37. The molecule has 2 aromatic rings. The fourth-order valence-electron chi connectivity index (χ4n) is 2.37. The van der Waals surface area contributed by atoms with E-state index in [9.17, 15) is 0 Å². The first-order valence-corrected chi connectivity index (χ1v) is 7.84. The summed E-state index contributed by atoms with van der Waals surface area (Å²) in [6, 6.07) is 8.60. The van der Waals surface area contributed by atoms with Crippen molar-refractivity contribution in [3.63, 3.8) is 0 Å². The third kappa shape index (κ3) is 4.39. The highest BCUT2D eigenvalue weighted by Crippen LogP contribution is 2.16. The van der Waals surface area contributed by atoms with Gasteiger partial charge in [0, 0.05) is 6.42 Å². The summed E-state index contributed by atoms with van der Waals surface area (Å²) in [5.41, 5.74) is 2.65. The quantitative estimate of drug-likeness (QED) is 0.805. The van der Waals surface area contributed by atoms with Crippen molar-refractivity contribution < 1.29 is 4.42 Å². The van der Waals surface area contributed by atoms with Crippen molar-refractivity contribution in [1.29, 1.82) is 0 Å². The van der Waals surface area contributed by atoms with E-state index in [1.165, 1.54) is 11.1 Å². The highest BCUT2D eigenvalue weighted by atomic mass is 16.4. The Labute approximate surface area is 127 Å². The number of rotatable bonds is 8. The third-order valence-corrected chi connectivity index (χ3v) is 3.70. The molecule has 21 heavy (non-hydrogen) atoms. The van der Waals surface area contributed by atoms with Gasteiger partial charge in [-0.05, 0) is 43.9 Å². The minimum Gasteiger partial charge on any atom is -0.424 e. The molecule has 2 rings (SSSR count). The molecular weight excluding hydrogens is 262 g/mol. The molecule has 1 aromatic carbocycles. The van der Waals surface area contributed by atoms with Crippen molar-refractivity contribution in [3.05, 3.63) is 47.2 Å². The maximum Gasteiger partial charge on any atom is 0.233 e. The Bertz CT molecular complexity index is 550. The van der Waals surface area contributed by atoms with Gasteiger partial charge in [0.05, 0.1) is 6.04 Å². The number of benzene rings is 1. The third-order valence-electron chi connectivity index (χ3n) is 3.70. The molecule has 1 unspecified atom stereocenters. The first kappa shape index (κ1) is 15.7. The molecule has 0 saturated heterocycles. The van der Waals surface area contributed by atoms with Gasteiger partial charge in [-0.15, -0.1) is 10.2 Å². The largest absolute Gasteiger partial charge is 0.424 e. The maximum atomic E-state index is 5.81. The molecule has 0 saturated carbocycles. The van der Waals surface area contributed by atoms with Crippen LogP contribution < -0.4 is 5.32 Å². The van der Waals surface area contributed by atoms with Gasteiger partial charge in [0.25, 0.3) is 0 Å².